The zero-order valence-corrected chi connectivity index (χ0v) is 12.5. The summed E-state index contributed by atoms with van der Waals surface area (Å²) in [5.41, 5.74) is -2.28. The molecule has 0 fully saturated rings. The highest BCUT2D eigenvalue weighted by molar-refractivity contribution is 5.84. The molecule has 118 valence electrons. The summed E-state index contributed by atoms with van der Waals surface area (Å²) in [7, 11) is 2.54. The van der Waals surface area contributed by atoms with Crippen molar-refractivity contribution in [1.82, 2.24) is 0 Å². The molecule has 3 nitrogen and oxygen atoms in total. The molecule has 0 aliphatic rings. The number of esters is 1. The lowest BCUT2D eigenvalue weighted by Gasteiger charge is -2.31. The molecule has 0 radical (unpaired) electrons. The Kier molecular flexibility index (Phi) is 5.25. The van der Waals surface area contributed by atoms with Gasteiger partial charge in [-0.3, -0.25) is 4.79 Å². The number of alkyl halides is 3. The Balaban J connectivity index is 3.66. The van der Waals surface area contributed by atoms with E-state index in [4.69, 9.17) is 9.47 Å². The number of hydrogen-bond acceptors (Lipinski definition) is 3. The van der Waals surface area contributed by atoms with Crippen molar-refractivity contribution in [3.05, 3.63) is 29.3 Å². The minimum Gasteiger partial charge on any atom is -0.497 e. The van der Waals surface area contributed by atoms with Crippen molar-refractivity contribution in [3.63, 3.8) is 0 Å². The van der Waals surface area contributed by atoms with Crippen LogP contribution in [0.5, 0.6) is 5.75 Å². The van der Waals surface area contributed by atoms with E-state index in [9.17, 15) is 18.0 Å². The van der Waals surface area contributed by atoms with Crippen molar-refractivity contribution in [1.29, 1.82) is 0 Å². The topological polar surface area (TPSA) is 35.5 Å². The molecule has 21 heavy (non-hydrogen) atoms. The molecule has 0 aromatic heterocycles. The first kappa shape index (κ1) is 17.3. The monoisotopic (exact) mass is 304 g/mol. The van der Waals surface area contributed by atoms with Gasteiger partial charge in [0.05, 0.1) is 25.2 Å². The number of methoxy groups -OCH3 is 2. The molecule has 0 atom stereocenters. The van der Waals surface area contributed by atoms with Gasteiger partial charge in [0.2, 0.25) is 0 Å². The second-order valence-electron chi connectivity index (χ2n) is 4.69. The van der Waals surface area contributed by atoms with Gasteiger partial charge in [-0.2, -0.15) is 13.2 Å². The Morgan fingerprint density at radius 3 is 2.05 bits per heavy atom. The fraction of sp³-hybridized carbons (Fsp3) is 0.533. The average Bonchev–Trinajstić information content (AvgIpc) is 2.47. The zero-order chi connectivity index (χ0) is 16.3. The number of benzene rings is 1. The molecule has 0 bridgehead atoms. The SMILES string of the molecule is CCC(CC)(C(=O)OC)c1cc(OC)ccc1C(F)(F)F. The molecule has 6 heteroatoms. The molecule has 1 aromatic rings. The second kappa shape index (κ2) is 6.37. The van der Waals surface area contributed by atoms with Gasteiger partial charge in [-0.05, 0) is 36.6 Å². The van der Waals surface area contributed by atoms with E-state index >= 15 is 0 Å². The number of ether oxygens (including phenoxy) is 2. The highest BCUT2D eigenvalue weighted by atomic mass is 19.4. The van der Waals surface area contributed by atoms with Crippen LogP contribution in [-0.2, 0) is 21.1 Å². The van der Waals surface area contributed by atoms with Crippen LogP contribution in [0.1, 0.15) is 37.8 Å². The first-order valence-corrected chi connectivity index (χ1v) is 6.61. The van der Waals surface area contributed by atoms with Crippen molar-refractivity contribution in [2.24, 2.45) is 0 Å². The van der Waals surface area contributed by atoms with E-state index in [-0.39, 0.29) is 24.2 Å². The minimum absolute atomic E-state index is 0.105. The van der Waals surface area contributed by atoms with E-state index in [1.165, 1.54) is 26.4 Å². The second-order valence-corrected chi connectivity index (χ2v) is 4.69. The molecule has 0 saturated heterocycles. The number of rotatable bonds is 5. The van der Waals surface area contributed by atoms with Crippen LogP contribution >= 0.6 is 0 Å². The van der Waals surface area contributed by atoms with Crippen LogP contribution in [0, 0.1) is 0 Å². The predicted molar refractivity (Wildman–Crippen MR) is 72.3 cm³/mol. The molecule has 1 aromatic carbocycles. The predicted octanol–water partition coefficient (Wildman–Crippen LogP) is 3.94. The Hall–Kier alpha value is -1.72. The standard InChI is InChI=1S/C15H19F3O3/c1-5-14(6-2,13(19)21-4)12-9-10(20-3)7-8-11(12)15(16,17)18/h7-9H,5-6H2,1-4H3. The van der Waals surface area contributed by atoms with Gasteiger partial charge in [0.25, 0.3) is 0 Å². The fourth-order valence-corrected chi connectivity index (χ4v) is 2.52. The first-order valence-electron chi connectivity index (χ1n) is 6.61. The number of carbonyl (C=O) groups is 1. The van der Waals surface area contributed by atoms with Crippen LogP contribution in [0.2, 0.25) is 0 Å². The van der Waals surface area contributed by atoms with E-state index in [2.05, 4.69) is 0 Å². The molecular formula is C15H19F3O3. The fourth-order valence-electron chi connectivity index (χ4n) is 2.52. The molecule has 0 unspecified atom stereocenters. The van der Waals surface area contributed by atoms with Gasteiger partial charge in [0.1, 0.15) is 5.75 Å². The minimum atomic E-state index is -4.55. The molecule has 0 amide bonds. The molecule has 0 spiro atoms. The van der Waals surface area contributed by atoms with Crippen LogP contribution in [-0.4, -0.2) is 20.2 Å². The maximum absolute atomic E-state index is 13.3. The molecule has 0 heterocycles. The van der Waals surface area contributed by atoms with Gasteiger partial charge >= 0.3 is 12.1 Å². The summed E-state index contributed by atoms with van der Waals surface area (Å²) in [6, 6.07) is 3.45. The molecular weight excluding hydrogens is 285 g/mol. The quantitative estimate of drug-likeness (QED) is 0.773. The normalized spacial score (nSPS) is 12.1. The van der Waals surface area contributed by atoms with E-state index in [0.29, 0.717) is 0 Å². The Labute approximate surface area is 122 Å². The van der Waals surface area contributed by atoms with Crippen molar-refractivity contribution >= 4 is 5.97 Å². The Morgan fingerprint density at radius 2 is 1.67 bits per heavy atom. The molecule has 0 saturated carbocycles. The van der Waals surface area contributed by atoms with Gasteiger partial charge in [0.15, 0.2) is 0 Å². The maximum atomic E-state index is 13.3. The van der Waals surface area contributed by atoms with Crippen LogP contribution in [0.4, 0.5) is 13.2 Å². The average molecular weight is 304 g/mol. The third-order valence-electron chi connectivity index (χ3n) is 3.83. The lowest BCUT2D eigenvalue weighted by molar-refractivity contribution is -0.149. The van der Waals surface area contributed by atoms with Gasteiger partial charge in [-0.1, -0.05) is 13.8 Å². The number of hydrogen-bond donors (Lipinski definition) is 0. The lowest BCUT2D eigenvalue weighted by Crippen LogP contribution is -2.37. The van der Waals surface area contributed by atoms with Crippen LogP contribution in [0.3, 0.4) is 0 Å². The Morgan fingerprint density at radius 1 is 1.10 bits per heavy atom. The largest absolute Gasteiger partial charge is 0.497 e. The van der Waals surface area contributed by atoms with Crippen LogP contribution in [0.15, 0.2) is 18.2 Å². The molecule has 0 aliphatic heterocycles. The highest BCUT2D eigenvalue weighted by Gasteiger charge is 2.45. The Bertz CT molecular complexity index is 505. The summed E-state index contributed by atoms with van der Waals surface area (Å²) in [5, 5.41) is 0. The van der Waals surface area contributed by atoms with Crippen molar-refractivity contribution in [2.75, 3.05) is 14.2 Å². The van der Waals surface area contributed by atoms with Gasteiger partial charge in [0, 0.05) is 0 Å². The third kappa shape index (κ3) is 3.14. The molecule has 0 N–H and O–H groups in total. The zero-order valence-electron chi connectivity index (χ0n) is 12.5. The maximum Gasteiger partial charge on any atom is 0.416 e. The smallest absolute Gasteiger partial charge is 0.416 e. The molecule has 0 aliphatic carbocycles. The summed E-state index contributed by atoms with van der Waals surface area (Å²) < 4.78 is 49.5. The summed E-state index contributed by atoms with van der Waals surface area (Å²) >= 11 is 0. The van der Waals surface area contributed by atoms with E-state index < -0.39 is 23.1 Å². The van der Waals surface area contributed by atoms with E-state index in [0.717, 1.165) is 6.07 Å². The van der Waals surface area contributed by atoms with Crippen molar-refractivity contribution in [3.8, 4) is 5.75 Å². The van der Waals surface area contributed by atoms with Crippen molar-refractivity contribution in [2.45, 2.75) is 38.3 Å². The van der Waals surface area contributed by atoms with Gasteiger partial charge in [-0.25, -0.2) is 0 Å². The van der Waals surface area contributed by atoms with Crippen LogP contribution < -0.4 is 4.74 Å². The van der Waals surface area contributed by atoms with Crippen molar-refractivity contribution < 1.29 is 27.4 Å². The first-order chi connectivity index (χ1) is 9.76. The summed E-state index contributed by atoms with van der Waals surface area (Å²) in [5.74, 6) is -0.403. The summed E-state index contributed by atoms with van der Waals surface area (Å²) in [6.07, 6.45) is -4.15. The summed E-state index contributed by atoms with van der Waals surface area (Å²) in [4.78, 5) is 12.1. The molecule has 1 rings (SSSR count). The third-order valence-corrected chi connectivity index (χ3v) is 3.83. The van der Waals surface area contributed by atoms with E-state index in [1.54, 1.807) is 13.8 Å². The van der Waals surface area contributed by atoms with Crippen LogP contribution in [0.25, 0.3) is 0 Å². The number of carbonyl (C=O) groups excluding carboxylic acids is 1. The van der Waals surface area contributed by atoms with Gasteiger partial charge < -0.3 is 9.47 Å². The van der Waals surface area contributed by atoms with Gasteiger partial charge in [-0.15, -0.1) is 0 Å². The lowest BCUT2D eigenvalue weighted by atomic mass is 9.73. The summed E-state index contributed by atoms with van der Waals surface area (Å²) in [6.45, 7) is 3.33. The highest BCUT2D eigenvalue weighted by Crippen LogP contribution is 2.43. The van der Waals surface area contributed by atoms with E-state index in [1.807, 2.05) is 0 Å². The number of halogens is 3.